The van der Waals surface area contributed by atoms with Crippen molar-refractivity contribution in [2.45, 2.75) is 23.7 Å². The summed E-state index contributed by atoms with van der Waals surface area (Å²) in [6.07, 6.45) is 3.06. The quantitative estimate of drug-likeness (QED) is 0.330. The molecular weight excluding hydrogens is 462 g/mol. The van der Waals surface area contributed by atoms with Crippen LogP contribution >= 0.6 is 0 Å². The minimum absolute atomic E-state index is 0.000945. The summed E-state index contributed by atoms with van der Waals surface area (Å²) in [6, 6.07) is 36.9. The summed E-state index contributed by atoms with van der Waals surface area (Å²) in [4.78, 5) is 0.365. The Balaban J connectivity index is 1.52. The third kappa shape index (κ3) is 3.64. The van der Waals surface area contributed by atoms with Crippen molar-refractivity contribution in [1.82, 2.24) is 4.31 Å². The number of benzene rings is 4. The van der Waals surface area contributed by atoms with Gasteiger partial charge in [-0.2, -0.15) is 4.31 Å². The van der Waals surface area contributed by atoms with Gasteiger partial charge in [0.15, 0.2) is 0 Å². The number of fused-ring (bicyclic) bond motifs is 3. The lowest BCUT2D eigenvalue weighted by atomic mass is 9.57. The highest BCUT2D eigenvalue weighted by Gasteiger charge is 2.50. The Kier molecular flexibility index (Phi) is 5.66. The van der Waals surface area contributed by atoms with Gasteiger partial charge in [-0.25, -0.2) is 8.42 Å². The van der Waals surface area contributed by atoms with Crippen LogP contribution in [0.25, 0.3) is 5.57 Å². The maximum absolute atomic E-state index is 13.7. The molecule has 4 aromatic carbocycles. The fourth-order valence-electron chi connectivity index (χ4n) is 6.08. The van der Waals surface area contributed by atoms with E-state index in [0.717, 1.165) is 17.5 Å². The first-order valence-corrected chi connectivity index (χ1v) is 13.9. The Morgan fingerprint density at radius 1 is 0.778 bits per heavy atom. The summed E-state index contributed by atoms with van der Waals surface area (Å²) in [7, 11) is -3.59. The lowest BCUT2D eigenvalue weighted by Crippen LogP contribution is -2.53. The third-order valence-corrected chi connectivity index (χ3v) is 9.77. The second-order valence-corrected chi connectivity index (χ2v) is 11.8. The third-order valence-electron chi connectivity index (χ3n) is 7.89. The fourth-order valence-corrected chi connectivity index (χ4v) is 7.54. The SMILES string of the molecule is Cc1ccc(S(=O)(=O)N2CC[C@]3(c4ccccc4)c4ccccc4C(c4ccccc4)=C[C@@H]3C2)cc1. The standard InChI is InChI=1S/C32H29NO2S/c1-24-16-18-28(19-17-24)36(34,35)33-21-20-32(26-12-6-3-7-13-26)27(23-33)22-30(25-10-4-2-5-11-25)29-14-8-9-15-31(29)32/h2-19,22,27H,20-21,23H2,1H3/t27-,32-/m1/s1. The van der Waals surface area contributed by atoms with Gasteiger partial charge in [-0.3, -0.25) is 0 Å². The molecule has 1 aliphatic heterocycles. The topological polar surface area (TPSA) is 37.4 Å². The number of piperidine rings is 1. The van der Waals surface area contributed by atoms with Gasteiger partial charge < -0.3 is 0 Å². The number of hydrogen-bond acceptors (Lipinski definition) is 2. The van der Waals surface area contributed by atoms with E-state index in [2.05, 4.69) is 78.9 Å². The molecule has 0 amide bonds. The van der Waals surface area contributed by atoms with E-state index in [1.807, 2.05) is 31.2 Å². The minimum Gasteiger partial charge on any atom is -0.207 e. The highest BCUT2D eigenvalue weighted by Crippen LogP contribution is 2.53. The fraction of sp³-hybridized carbons (Fsp3) is 0.188. The van der Waals surface area contributed by atoms with E-state index in [1.165, 1.54) is 22.3 Å². The molecule has 36 heavy (non-hydrogen) atoms. The van der Waals surface area contributed by atoms with Crippen molar-refractivity contribution >= 4 is 15.6 Å². The van der Waals surface area contributed by atoms with Crippen molar-refractivity contribution < 1.29 is 8.42 Å². The van der Waals surface area contributed by atoms with Crippen LogP contribution in [-0.4, -0.2) is 25.8 Å². The highest BCUT2D eigenvalue weighted by atomic mass is 32.2. The van der Waals surface area contributed by atoms with Gasteiger partial charge in [0.05, 0.1) is 4.90 Å². The molecule has 2 aliphatic rings. The molecule has 0 saturated carbocycles. The number of sulfonamides is 1. The summed E-state index contributed by atoms with van der Waals surface area (Å²) in [5.74, 6) is -0.000945. The Labute approximate surface area is 213 Å². The zero-order chi connectivity index (χ0) is 24.8. The monoisotopic (exact) mass is 491 g/mol. The summed E-state index contributed by atoms with van der Waals surface area (Å²) in [5.41, 5.74) is 6.87. The molecule has 1 fully saturated rings. The molecule has 4 heteroatoms. The molecule has 0 radical (unpaired) electrons. The van der Waals surface area contributed by atoms with E-state index < -0.39 is 10.0 Å². The van der Waals surface area contributed by atoms with Crippen LogP contribution in [0.15, 0.2) is 120 Å². The van der Waals surface area contributed by atoms with Crippen LogP contribution < -0.4 is 0 Å². The predicted octanol–water partition coefficient (Wildman–Crippen LogP) is 6.44. The molecule has 1 aliphatic carbocycles. The summed E-state index contributed by atoms with van der Waals surface area (Å²) < 4.78 is 29.1. The molecule has 1 saturated heterocycles. The molecule has 2 atom stereocenters. The van der Waals surface area contributed by atoms with E-state index in [-0.39, 0.29) is 11.3 Å². The molecule has 0 unspecified atom stereocenters. The van der Waals surface area contributed by atoms with Crippen LogP contribution in [-0.2, 0) is 15.4 Å². The Hall–Kier alpha value is -3.47. The van der Waals surface area contributed by atoms with Gasteiger partial charge in [0.1, 0.15) is 0 Å². The zero-order valence-electron chi connectivity index (χ0n) is 20.3. The number of hydrogen-bond donors (Lipinski definition) is 0. The first-order valence-electron chi connectivity index (χ1n) is 12.5. The molecule has 0 N–H and O–H groups in total. The van der Waals surface area contributed by atoms with Gasteiger partial charge in [0, 0.05) is 24.4 Å². The Morgan fingerprint density at radius 2 is 1.42 bits per heavy atom. The smallest absolute Gasteiger partial charge is 0.207 e. The van der Waals surface area contributed by atoms with Crippen molar-refractivity contribution in [3.63, 3.8) is 0 Å². The largest absolute Gasteiger partial charge is 0.243 e. The van der Waals surface area contributed by atoms with Crippen LogP contribution in [0.3, 0.4) is 0 Å². The zero-order valence-corrected chi connectivity index (χ0v) is 21.2. The molecule has 4 aromatic rings. The van der Waals surface area contributed by atoms with Crippen molar-refractivity contribution in [1.29, 1.82) is 0 Å². The highest BCUT2D eigenvalue weighted by molar-refractivity contribution is 7.89. The van der Waals surface area contributed by atoms with Crippen molar-refractivity contribution in [2.75, 3.05) is 13.1 Å². The second-order valence-electron chi connectivity index (χ2n) is 9.86. The number of rotatable bonds is 4. The van der Waals surface area contributed by atoms with Crippen molar-refractivity contribution in [3.8, 4) is 0 Å². The van der Waals surface area contributed by atoms with Gasteiger partial charge in [0.2, 0.25) is 10.0 Å². The first-order chi connectivity index (χ1) is 17.5. The van der Waals surface area contributed by atoms with Gasteiger partial charge in [0.25, 0.3) is 0 Å². The van der Waals surface area contributed by atoms with Crippen LogP contribution in [0.2, 0.25) is 0 Å². The lowest BCUT2D eigenvalue weighted by Gasteiger charge is -2.50. The maximum Gasteiger partial charge on any atom is 0.243 e. The van der Waals surface area contributed by atoms with E-state index in [4.69, 9.17) is 0 Å². The molecule has 6 rings (SSSR count). The van der Waals surface area contributed by atoms with E-state index in [1.54, 1.807) is 16.4 Å². The van der Waals surface area contributed by atoms with E-state index >= 15 is 0 Å². The molecule has 0 spiro atoms. The minimum atomic E-state index is -3.59. The van der Waals surface area contributed by atoms with Gasteiger partial charge >= 0.3 is 0 Å². The lowest BCUT2D eigenvalue weighted by molar-refractivity contribution is 0.208. The van der Waals surface area contributed by atoms with E-state index in [9.17, 15) is 8.42 Å². The maximum atomic E-state index is 13.7. The summed E-state index contributed by atoms with van der Waals surface area (Å²) >= 11 is 0. The molecule has 180 valence electrons. The van der Waals surface area contributed by atoms with Crippen molar-refractivity contribution in [3.05, 3.63) is 143 Å². The number of nitrogens with zero attached hydrogens (tertiary/aromatic N) is 1. The normalized spacial score (nSPS) is 21.8. The average molecular weight is 492 g/mol. The Bertz CT molecular complexity index is 1530. The number of aryl methyl sites for hydroxylation is 1. The van der Waals surface area contributed by atoms with E-state index in [0.29, 0.717) is 18.0 Å². The van der Waals surface area contributed by atoms with Gasteiger partial charge in [-0.1, -0.05) is 109 Å². The van der Waals surface area contributed by atoms with Crippen molar-refractivity contribution in [2.24, 2.45) is 5.92 Å². The van der Waals surface area contributed by atoms with Crippen LogP contribution in [0.5, 0.6) is 0 Å². The van der Waals surface area contributed by atoms with Gasteiger partial charge in [-0.15, -0.1) is 0 Å². The predicted molar refractivity (Wildman–Crippen MR) is 145 cm³/mol. The van der Waals surface area contributed by atoms with Crippen LogP contribution in [0.1, 0.15) is 34.2 Å². The second kappa shape index (κ2) is 8.88. The Morgan fingerprint density at radius 3 is 2.14 bits per heavy atom. The molecule has 3 nitrogen and oxygen atoms in total. The van der Waals surface area contributed by atoms with Crippen LogP contribution in [0, 0.1) is 12.8 Å². The average Bonchev–Trinajstić information content (AvgIpc) is 2.93. The van der Waals surface area contributed by atoms with Crippen LogP contribution in [0.4, 0.5) is 0 Å². The molecule has 0 bridgehead atoms. The first kappa shape index (κ1) is 23.0. The van der Waals surface area contributed by atoms with Gasteiger partial charge in [-0.05, 0) is 53.3 Å². The molecule has 1 heterocycles. The summed E-state index contributed by atoms with van der Waals surface area (Å²) in [5, 5.41) is 0. The summed E-state index contributed by atoms with van der Waals surface area (Å²) in [6.45, 7) is 2.89. The molecule has 0 aromatic heterocycles. The molecular formula is C32H29NO2S.